The molecule has 1 rings (SSSR count). The molecule has 0 spiro atoms. The average Bonchev–Trinajstić information content (AvgIpc) is 2.41. The Morgan fingerprint density at radius 1 is 1.05 bits per heavy atom. The van der Waals surface area contributed by atoms with Crippen molar-refractivity contribution < 1.29 is 9.53 Å². The van der Waals surface area contributed by atoms with E-state index in [4.69, 9.17) is 4.74 Å². The SMILES string of the molecule is CC.CCC(C)(C)C(=O)OC(C)(C)C1CCCCC1. The van der Waals surface area contributed by atoms with Crippen LogP contribution in [0.15, 0.2) is 0 Å². The van der Waals surface area contributed by atoms with Crippen LogP contribution in [0.3, 0.4) is 0 Å². The van der Waals surface area contributed by atoms with Gasteiger partial charge in [0.05, 0.1) is 5.41 Å². The van der Waals surface area contributed by atoms with Crippen molar-refractivity contribution in [3.63, 3.8) is 0 Å². The van der Waals surface area contributed by atoms with Gasteiger partial charge in [-0.3, -0.25) is 4.79 Å². The van der Waals surface area contributed by atoms with Crippen LogP contribution in [0.5, 0.6) is 0 Å². The topological polar surface area (TPSA) is 26.3 Å². The second-order valence-corrected chi connectivity index (χ2v) is 6.57. The van der Waals surface area contributed by atoms with Crippen LogP contribution in [-0.4, -0.2) is 11.6 Å². The van der Waals surface area contributed by atoms with E-state index < -0.39 is 0 Å². The lowest BCUT2D eigenvalue weighted by atomic mass is 9.78. The zero-order valence-electron chi connectivity index (χ0n) is 14.1. The van der Waals surface area contributed by atoms with Crippen molar-refractivity contribution in [1.29, 1.82) is 0 Å². The summed E-state index contributed by atoms with van der Waals surface area (Å²) in [5.41, 5.74) is -0.657. The summed E-state index contributed by atoms with van der Waals surface area (Å²) in [5.74, 6) is 0.489. The molecule has 0 radical (unpaired) electrons. The molecule has 0 unspecified atom stereocenters. The Labute approximate surface area is 120 Å². The van der Waals surface area contributed by atoms with Gasteiger partial charge < -0.3 is 4.74 Å². The third-order valence-electron chi connectivity index (χ3n) is 4.38. The highest BCUT2D eigenvalue weighted by molar-refractivity contribution is 5.76. The standard InChI is InChI=1S/C15H28O2.C2H6/c1-6-14(2,3)13(16)17-15(4,5)12-10-8-7-9-11-12;1-2/h12H,6-11H2,1-5H3;1-2H3. The molecule has 0 aliphatic heterocycles. The lowest BCUT2D eigenvalue weighted by Gasteiger charge is -2.38. The van der Waals surface area contributed by atoms with Crippen LogP contribution in [0, 0.1) is 11.3 Å². The predicted octanol–water partition coefficient (Wildman–Crippen LogP) is 5.35. The van der Waals surface area contributed by atoms with Gasteiger partial charge in [-0.25, -0.2) is 0 Å². The van der Waals surface area contributed by atoms with Gasteiger partial charge >= 0.3 is 5.97 Å². The molecule has 0 atom stereocenters. The summed E-state index contributed by atoms with van der Waals surface area (Å²) in [6, 6.07) is 0. The van der Waals surface area contributed by atoms with E-state index in [9.17, 15) is 4.79 Å². The van der Waals surface area contributed by atoms with Crippen LogP contribution in [-0.2, 0) is 9.53 Å². The molecular formula is C17H34O2. The maximum Gasteiger partial charge on any atom is 0.312 e. The van der Waals surface area contributed by atoms with Gasteiger partial charge in [0.25, 0.3) is 0 Å². The van der Waals surface area contributed by atoms with Gasteiger partial charge in [-0.2, -0.15) is 0 Å². The van der Waals surface area contributed by atoms with Crippen LogP contribution >= 0.6 is 0 Å². The molecule has 19 heavy (non-hydrogen) atoms. The Bertz CT molecular complexity index is 260. The van der Waals surface area contributed by atoms with E-state index in [1.165, 1.54) is 32.1 Å². The first-order chi connectivity index (χ1) is 8.79. The zero-order chi connectivity index (χ0) is 15.1. The molecule has 1 aliphatic carbocycles. The molecule has 1 fully saturated rings. The monoisotopic (exact) mass is 270 g/mol. The third-order valence-corrected chi connectivity index (χ3v) is 4.38. The van der Waals surface area contributed by atoms with E-state index in [-0.39, 0.29) is 17.0 Å². The first kappa shape index (κ1) is 18.5. The van der Waals surface area contributed by atoms with Gasteiger partial charge in [0.1, 0.15) is 5.60 Å². The molecule has 0 aromatic carbocycles. The summed E-state index contributed by atoms with van der Waals surface area (Å²) in [7, 11) is 0. The number of hydrogen-bond acceptors (Lipinski definition) is 2. The van der Waals surface area contributed by atoms with E-state index in [1.807, 2.05) is 34.6 Å². The normalized spacial score (nSPS) is 17.4. The largest absolute Gasteiger partial charge is 0.459 e. The van der Waals surface area contributed by atoms with Crippen LogP contribution in [0.2, 0.25) is 0 Å². The fraction of sp³-hybridized carbons (Fsp3) is 0.941. The van der Waals surface area contributed by atoms with Gasteiger partial charge in [0.2, 0.25) is 0 Å². The molecule has 0 aromatic heterocycles. The van der Waals surface area contributed by atoms with Crippen molar-refractivity contribution in [1.82, 2.24) is 0 Å². The highest BCUT2D eigenvalue weighted by atomic mass is 16.6. The van der Waals surface area contributed by atoms with Crippen molar-refractivity contribution in [2.75, 3.05) is 0 Å². The van der Waals surface area contributed by atoms with E-state index in [0.29, 0.717) is 5.92 Å². The fourth-order valence-corrected chi connectivity index (χ4v) is 2.40. The molecule has 1 saturated carbocycles. The summed E-state index contributed by atoms with van der Waals surface area (Å²) in [5, 5.41) is 0. The minimum Gasteiger partial charge on any atom is -0.459 e. The van der Waals surface area contributed by atoms with Crippen LogP contribution in [0.1, 0.15) is 87.0 Å². The van der Waals surface area contributed by atoms with Gasteiger partial charge in [0, 0.05) is 0 Å². The summed E-state index contributed by atoms with van der Waals surface area (Å²) >= 11 is 0. The zero-order valence-corrected chi connectivity index (χ0v) is 14.1. The van der Waals surface area contributed by atoms with E-state index in [1.54, 1.807) is 0 Å². The Kier molecular flexibility index (Phi) is 7.69. The molecule has 1 aliphatic rings. The summed E-state index contributed by atoms with van der Waals surface area (Å²) < 4.78 is 5.79. The van der Waals surface area contributed by atoms with Crippen molar-refractivity contribution >= 4 is 5.97 Å². The molecule has 2 heteroatoms. The maximum atomic E-state index is 12.1. The number of ether oxygens (including phenoxy) is 1. The minimum absolute atomic E-state index is 0.0458. The van der Waals surface area contributed by atoms with E-state index >= 15 is 0 Å². The predicted molar refractivity (Wildman–Crippen MR) is 82.2 cm³/mol. The fourth-order valence-electron chi connectivity index (χ4n) is 2.40. The number of carbonyl (C=O) groups excluding carboxylic acids is 1. The first-order valence-electron chi connectivity index (χ1n) is 8.03. The molecule has 0 bridgehead atoms. The molecule has 0 aromatic rings. The van der Waals surface area contributed by atoms with Gasteiger partial charge in [-0.1, -0.05) is 40.0 Å². The Hall–Kier alpha value is -0.530. The molecule has 0 amide bonds. The van der Waals surface area contributed by atoms with Crippen LogP contribution in [0.25, 0.3) is 0 Å². The smallest absolute Gasteiger partial charge is 0.312 e. The van der Waals surface area contributed by atoms with E-state index in [2.05, 4.69) is 13.8 Å². The van der Waals surface area contributed by atoms with Crippen LogP contribution < -0.4 is 0 Å². The highest BCUT2D eigenvalue weighted by Gasteiger charge is 2.38. The minimum atomic E-state index is -0.355. The molecule has 0 saturated heterocycles. The molecular weight excluding hydrogens is 236 g/mol. The Morgan fingerprint density at radius 2 is 1.53 bits per heavy atom. The lowest BCUT2D eigenvalue weighted by molar-refractivity contribution is -0.174. The number of rotatable bonds is 4. The van der Waals surface area contributed by atoms with Gasteiger partial charge in [0.15, 0.2) is 0 Å². The second-order valence-electron chi connectivity index (χ2n) is 6.57. The Balaban J connectivity index is 0.00000154. The van der Waals surface area contributed by atoms with E-state index in [0.717, 1.165) is 6.42 Å². The van der Waals surface area contributed by atoms with Gasteiger partial charge in [-0.05, 0) is 52.9 Å². The summed E-state index contributed by atoms with van der Waals surface area (Å²) in [4.78, 5) is 12.1. The van der Waals surface area contributed by atoms with Crippen LogP contribution in [0.4, 0.5) is 0 Å². The van der Waals surface area contributed by atoms with Crippen molar-refractivity contribution in [2.24, 2.45) is 11.3 Å². The quantitative estimate of drug-likeness (QED) is 0.644. The molecule has 114 valence electrons. The van der Waals surface area contributed by atoms with Gasteiger partial charge in [-0.15, -0.1) is 0 Å². The third kappa shape index (κ3) is 5.54. The number of carbonyl (C=O) groups is 1. The van der Waals surface area contributed by atoms with Crippen molar-refractivity contribution in [3.05, 3.63) is 0 Å². The number of esters is 1. The summed E-state index contributed by atoms with van der Waals surface area (Å²) in [6.45, 7) is 14.1. The second kappa shape index (κ2) is 7.91. The maximum absolute atomic E-state index is 12.1. The number of hydrogen-bond donors (Lipinski definition) is 0. The van der Waals surface area contributed by atoms with Crippen molar-refractivity contribution in [3.8, 4) is 0 Å². The average molecular weight is 270 g/mol. The Morgan fingerprint density at radius 3 is 1.95 bits per heavy atom. The summed E-state index contributed by atoms with van der Waals surface area (Å²) in [6.07, 6.45) is 7.12. The highest BCUT2D eigenvalue weighted by Crippen LogP contribution is 2.36. The molecule has 0 N–H and O–H groups in total. The first-order valence-corrected chi connectivity index (χ1v) is 8.03. The molecule has 2 nitrogen and oxygen atoms in total. The van der Waals surface area contributed by atoms with Crippen molar-refractivity contribution in [2.45, 2.75) is 92.6 Å². The lowest BCUT2D eigenvalue weighted by Crippen LogP contribution is -2.41. The molecule has 0 heterocycles.